The molecule has 1 amide bonds. The maximum atomic E-state index is 12.8. The second kappa shape index (κ2) is 8.63. The highest BCUT2D eigenvalue weighted by molar-refractivity contribution is 6.33. The Labute approximate surface area is 165 Å². The highest BCUT2D eigenvalue weighted by atomic mass is 35.5. The number of halogens is 1. The maximum absolute atomic E-state index is 12.8. The number of ether oxygens (including phenoxy) is 1. The van der Waals surface area contributed by atoms with Crippen molar-refractivity contribution in [3.63, 3.8) is 0 Å². The van der Waals surface area contributed by atoms with E-state index in [1.54, 1.807) is 12.1 Å². The van der Waals surface area contributed by atoms with Gasteiger partial charge in [-0.25, -0.2) is 0 Å². The summed E-state index contributed by atoms with van der Waals surface area (Å²) in [5, 5.41) is 3.50. The molecule has 3 rings (SSSR count). The van der Waals surface area contributed by atoms with Crippen LogP contribution in [0.1, 0.15) is 29.3 Å². The van der Waals surface area contributed by atoms with Crippen LogP contribution in [0.3, 0.4) is 0 Å². The van der Waals surface area contributed by atoms with Crippen LogP contribution in [0.4, 0.5) is 5.69 Å². The van der Waals surface area contributed by atoms with E-state index in [-0.39, 0.29) is 11.9 Å². The zero-order chi connectivity index (χ0) is 19.4. The summed E-state index contributed by atoms with van der Waals surface area (Å²) in [4.78, 5) is 15.2. The van der Waals surface area contributed by atoms with Crippen LogP contribution in [0.25, 0.3) is 0 Å². The molecule has 0 spiro atoms. The number of benzene rings is 2. The molecule has 1 saturated heterocycles. The quantitative estimate of drug-likeness (QED) is 0.769. The van der Waals surface area contributed by atoms with E-state index in [0.717, 1.165) is 26.1 Å². The Hall–Kier alpha value is -2.24. The molecule has 2 atom stereocenters. The number of carbonyl (C=O) groups excluding carboxylic acids is 1. The summed E-state index contributed by atoms with van der Waals surface area (Å²) in [7, 11) is 1.52. The van der Waals surface area contributed by atoms with Gasteiger partial charge in [0.15, 0.2) is 0 Å². The van der Waals surface area contributed by atoms with Gasteiger partial charge >= 0.3 is 0 Å². The van der Waals surface area contributed by atoms with Crippen LogP contribution >= 0.6 is 11.6 Å². The first-order valence-corrected chi connectivity index (χ1v) is 9.56. The topological polar surface area (TPSA) is 67.6 Å². The summed E-state index contributed by atoms with van der Waals surface area (Å²) in [6.07, 6.45) is 0.908. The predicted molar refractivity (Wildman–Crippen MR) is 109 cm³/mol. The number of nitrogens with two attached hydrogens (primary N) is 1. The second-order valence-electron chi connectivity index (χ2n) is 7.14. The molecule has 0 radical (unpaired) electrons. The van der Waals surface area contributed by atoms with E-state index < -0.39 is 0 Å². The molecule has 0 aliphatic carbocycles. The monoisotopic (exact) mass is 387 g/mol. The lowest BCUT2D eigenvalue weighted by Crippen LogP contribution is -2.49. The average Bonchev–Trinajstić information content (AvgIpc) is 2.66. The van der Waals surface area contributed by atoms with Crippen molar-refractivity contribution in [3.05, 3.63) is 58.6 Å². The number of nitrogens with zero attached hydrogens (tertiary/aromatic N) is 1. The summed E-state index contributed by atoms with van der Waals surface area (Å²) < 4.78 is 5.29. The van der Waals surface area contributed by atoms with Crippen molar-refractivity contribution >= 4 is 23.2 Å². The molecular formula is C21H26ClN3O2. The minimum Gasteiger partial charge on any atom is -0.496 e. The lowest BCUT2D eigenvalue weighted by atomic mass is 9.93. The van der Waals surface area contributed by atoms with E-state index in [2.05, 4.69) is 41.4 Å². The number of likely N-dealkylation sites (tertiary alicyclic amines) is 1. The molecule has 1 fully saturated rings. The molecule has 3 N–H and O–H groups in total. The molecule has 5 nitrogen and oxygen atoms in total. The molecule has 2 aromatic rings. The van der Waals surface area contributed by atoms with Gasteiger partial charge in [0, 0.05) is 31.7 Å². The number of rotatable bonds is 5. The van der Waals surface area contributed by atoms with Gasteiger partial charge in [0.1, 0.15) is 5.75 Å². The van der Waals surface area contributed by atoms with Crippen molar-refractivity contribution in [1.29, 1.82) is 0 Å². The molecule has 27 heavy (non-hydrogen) atoms. The van der Waals surface area contributed by atoms with Crippen LogP contribution < -0.4 is 15.8 Å². The molecule has 6 heteroatoms. The van der Waals surface area contributed by atoms with Gasteiger partial charge in [-0.3, -0.25) is 9.69 Å². The van der Waals surface area contributed by atoms with E-state index in [1.807, 2.05) is 6.07 Å². The highest BCUT2D eigenvalue weighted by Crippen LogP contribution is 2.29. The molecule has 1 aliphatic heterocycles. The Bertz CT molecular complexity index is 798. The van der Waals surface area contributed by atoms with Gasteiger partial charge in [0.25, 0.3) is 5.91 Å². The normalized spacial score (nSPS) is 20.3. The molecule has 2 unspecified atom stereocenters. The minimum absolute atomic E-state index is 0.116. The minimum atomic E-state index is -0.179. The largest absolute Gasteiger partial charge is 0.496 e. The number of anilines is 1. The van der Waals surface area contributed by atoms with Gasteiger partial charge in [-0.15, -0.1) is 0 Å². The van der Waals surface area contributed by atoms with Crippen LogP contribution in [0.15, 0.2) is 42.5 Å². The standard InChI is InChI=1S/C21H26ClN3O2/c1-14-12-25(13-15-6-4-3-5-7-15)9-8-19(14)24-21(26)16-10-17(22)18(23)11-20(16)27-2/h3-7,10-11,14,19H,8-9,12-13,23H2,1-2H3,(H,24,26). The van der Waals surface area contributed by atoms with Gasteiger partial charge < -0.3 is 15.8 Å². The van der Waals surface area contributed by atoms with Crippen molar-refractivity contribution in [1.82, 2.24) is 10.2 Å². The van der Waals surface area contributed by atoms with Crippen molar-refractivity contribution in [2.45, 2.75) is 25.9 Å². The molecule has 144 valence electrons. The first-order valence-electron chi connectivity index (χ1n) is 9.18. The lowest BCUT2D eigenvalue weighted by Gasteiger charge is -2.37. The van der Waals surface area contributed by atoms with Gasteiger partial charge in [-0.2, -0.15) is 0 Å². The van der Waals surface area contributed by atoms with Gasteiger partial charge in [0.2, 0.25) is 0 Å². The van der Waals surface area contributed by atoms with E-state index in [0.29, 0.717) is 27.9 Å². The van der Waals surface area contributed by atoms with Gasteiger partial charge in [-0.05, 0) is 24.0 Å². The smallest absolute Gasteiger partial charge is 0.255 e. The Morgan fingerprint density at radius 3 is 2.74 bits per heavy atom. The Morgan fingerprint density at radius 1 is 1.33 bits per heavy atom. The fraction of sp³-hybridized carbons (Fsp3) is 0.381. The summed E-state index contributed by atoms with van der Waals surface area (Å²) in [5.74, 6) is 0.604. The van der Waals surface area contributed by atoms with Crippen LogP contribution in [0, 0.1) is 5.92 Å². The summed E-state index contributed by atoms with van der Waals surface area (Å²) in [5.41, 5.74) is 7.92. The molecule has 0 saturated carbocycles. The molecular weight excluding hydrogens is 362 g/mol. The average molecular weight is 388 g/mol. The molecule has 1 heterocycles. The Balaban J connectivity index is 1.62. The SMILES string of the molecule is COc1cc(N)c(Cl)cc1C(=O)NC1CCN(Cc2ccccc2)CC1C. The van der Waals surface area contributed by atoms with E-state index in [4.69, 9.17) is 22.1 Å². The number of hydrogen-bond acceptors (Lipinski definition) is 4. The van der Waals surface area contributed by atoms with Gasteiger partial charge in [0.05, 0.1) is 23.4 Å². The molecule has 0 bridgehead atoms. The number of carbonyl (C=O) groups is 1. The zero-order valence-corrected chi connectivity index (χ0v) is 16.5. The zero-order valence-electron chi connectivity index (χ0n) is 15.7. The number of piperidine rings is 1. The van der Waals surface area contributed by atoms with Gasteiger partial charge in [-0.1, -0.05) is 48.9 Å². The summed E-state index contributed by atoms with van der Waals surface area (Å²) >= 11 is 6.09. The van der Waals surface area contributed by atoms with E-state index in [9.17, 15) is 4.79 Å². The number of methoxy groups -OCH3 is 1. The fourth-order valence-electron chi connectivity index (χ4n) is 3.59. The highest BCUT2D eigenvalue weighted by Gasteiger charge is 2.28. The van der Waals surface area contributed by atoms with Crippen molar-refractivity contribution in [2.75, 3.05) is 25.9 Å². The van der Waals surface area contributed by atoms with Crippen molar-refractivity contribution in [2.24, 2.45) is 5.92 Å². The van der Waals surface area contributed by atoms with Crippen molar-refractivity contribution in [3.8, 4) is 5.75 Å². The third-order valence-electron chi connectivity index (χ3n) is 5.12. The van der Waals surface area contributed by atoms with Crippen LogP contribution in [0.5, 0.6) is 5.75 Å². The van der Waals surface area contributed by atoms with Crippen LogP contribution in [0.2, 0.25) is 5.02 Å². The molecule has 0 aromatic heterocycles. The number of hydrogen-bond donors (Lipinski definition) is 2. The predicted octanol–water partition coefficient (Wildman–Crippen LogP) is 3.57. The maximum Gasteiger partial charge on any atom is 0.255 e. The molecule has 2 aromatic carbocycles. The number of nitrogen functional groups attached to an aromatic ring is 1. The summed E-state index contributed by atoms with van der Waals surface area (Å²) in [6, 6.07) is 13.7. The first kappa shape index (κ1) is 19.5. The Kier molecular flexibility index (Phi) is 6.24. The fourth-order valence-corrected chi connectivity index (χ4v) is 3.76. The Morgan fingerprint density at radius 2 is 2.07 bits per heavy atom. The third-order valence-corrected chi connectivity index (χ3v) is 5.45. The third kappa shape index (κ3) is 4.73. The van der Waals surface area contributed by atoms with Crippen LogP contribution in [-0.2, 0) is 6.54 Å². The second-order valence-corrected chi connectivity index (χ2v) is 7.55. The van der Waals surface area contributed by atoms with Crippen LogP contribution in [-0.4, -0.2) is 37.0 Å². The van der Waals surface area contributed by atoms with E-state index in [1.165, 1.54) is 12.7 Å². The molecule has 1 aliphatic rings. The lowest BCUT2D eigenvalue weighted by molar-refractivity contribution is 0.0857. The first-order chi connectivity index (χ1) is 13.0. The number of amides is 1. The summed E-state index contributed by atoms with van der Waals surface area (Å²) in [6.45, 7) is 5.01. The number of nitrogens with one attached hydrogen (secondary N) is 1. The van der Waals surface area contributed by atoms with Crippen molar-refractivity contribution < 1.29 is 9.53 Å². The van der Waals surface area contributed by atoms with E-state index >= 15 is 0 Å².